The van der Waals surface area contributed by atoms with Gasteiger partial charge in [-0.3, -0.25) is 0 Å². The zero-order valence-electron chi connectivity index (χ0n) is 7.76. The Hall–Kier alpha value is -0.123. The lowest BCUT2D eigenvalue weighted by Gasteiger charge is -2.11. The molecule has 0 aliphatic rings. The van der Waals surface area contributed by atoms with Gasteiger partial charge in [-0.05, 0) is 18.9 Å². The second kappa shape index (κ2) is 6.58. The molecule has 65 valence electrons. The molecule has 3 heteroatoms. The normalized spacial score (nSPS) is 14.6. The highest BCUT2D eigenvalue weighted by Crippen LogP contribution is 2.08. The first kappa shape index (κ1) is 10.9. The summed E-state index contributed by atoms with van der Waals surface area (Å²) >= 11 is 0. The van der Waals surface area contributed by atoms with Crippen LogP contribution in [0.4, 0.5) is 0 Å². The van der Waals surface area contributed by atoms with Crippen molar-refractivity contribution in [3.8, 4) is 0 Å². The topological polar surface area (TPSA) is 18.5 Å². The molecular weight excluding hydrogens is 156 g/mol. The standard InChI is InChI=1S/C8H17O2Si/c1-5-6-8(2)7-11(9-3)10-4/h5-6,8H,7H2,1-4H3. The maximum atomic E-state index is 5.16. The lowest BCUT2D eigenvalue weighted by Crippen LogP contribution is -2.20. The van der Waals surface area contributed by atoms with E-state index in [4.69, 9.17) is 8.85 Å². The molecule has 1 radical (unpaired) electrons. The van der Waals surface area contributed by atoms with Gasteiger partial charge in [-0.25, -0.2) is 0 Å². The Morgan fingerprint density at radius 1 is 1.36 bits per heavy atom. The Balaban J connectivity index is 3.61. The van der Waals surface area contributed by atoms with Crippen LogP contribution < -0.4 is 0 Å². The van der Waals surface area contributed by atoms with E-state index in [1.165, 1.54) is 0 Å². The van der Waals surface area contributed by atoms with E-state index < -0.39 is 9.28 Å². The maximum Gasteiger partial charge on any atom is 0.384 e. The fraction of sp³-hybridized carbons (Fsp3) is 0.750. The minimum absolute atomic E-state index is 0.564. The van der Waals surface area contributed by atoms with Crippen LogP contribution in [0.5, 0.6) is 0 Å². The lowest BCUT2D eigenvalue weighted by molar-refractivity contribution is 0.274. The smallest absolute Gasteiger partial charge is 0.384 e. The molecule has 0 amide bonds. The minimum atomic E-state index is -0.996. The van der Waals surface area contributed by atoms with E-state index in [2.05, 4.69) is 19.1 Å². The van der Waals surface area contributed by atoms with Gasteiger partial charge in [0.1, 0.15) is 0 Å². The average Bonchev–Trinajstić information content (AvgIpc) is 2.01. The fourth-order valence-corrected chi connectivity index (χ4v) is 2.07. The van der Waals surface area contributed by atoms with Crippen molar-refractivity contribution >= 4 is 9.28 Å². The first-order valence-electron chi connectivity index (χ1n) is 3.81. The molecular formula is C8H17O2Si. The van der Waals surface area contributed by atoms with Crippen molar-refractivity contribution in [3.05, 3.63) is 12.2 Å². The van der Waals surface area contributed by atoms with Gasteiger partial charge >= 0.3 is 9.28 Å². The van der Waals surface area contributed by atoms with Crippen LogP contribution in [0.15, 0.2) is 12.2 Å². The van der Waals surface area contributed by atoms with Gasteiger partial charge in [-0.1, -0.05) is 19.1 Å². The van der Waals surface area contributed by atoms with Gasteiger partial charge in [0.15, 0.2) is 0 Å². The maximum absolute atomic E-state index is 5.16. The number of hydrogen-bond donors (Lipinski definition) is 0. The zero-order chi connectivity index (χ0) is 8.69. The monoisotopic (exact) mass is 173 g/mol. The quantitative estimate of drug-likeness (QED) is 0.467. The summed E-state index contributed by atoms with van der Waals surface area (Å²) < 4.78 is 10.3. The van der Waals surface area contributed by atoms with Crippen LogP contribution in [-0.4, -0.2) is 23.5 Å². The fourth-order valence-electron chi connectivity index (χ4n) is 0.909. The third-order valence-corrected chi connectivity index (χ3v) is 3.35. The summed E-state index contributed by atoms with van der Waals surface area (Å²) in [6.07, 6.45) is 4.23. The van der Waals surface area contributed by atoms with Gasteiger partial charge in [-0.15, -0.1) is 0 Å². The molecule has 0 rings (SSSR count). The summed E-state index contributed by atoms with van der Waals surface area (Å²) in [7, 11) is 2.42. The molecule has 1 atom stereocenters. The molecule has 2 nitrogen and oxygen atoms in total. The van der Waals surface area contributed by atoms with E-state index in [9.17, 15) is 0 Å². The molecule has 0 fully saturated rings. The molecule has 0 bridgehead atoms. The zero-order valence-corrected chi connectivity index (χ0v) is 8.76. The van der Waals surface area contributed by atoms with Crippen molar-refractivity contribution in [3.63, 3.8) is 0 Å². The van der Waals surface area contributed by atoms with Gasteiger partial charge in [0, 0.05) is 14.2 Å². The summed E-state index contributed by atoms with van der Waals surface area (Å²) in [6, 6.07) is 1.02. The molecule has 0 saturated carbocycles. The van der Waals surface area contributed by atoms with Gasteiger partial charge in [0.25, 0.3) is 0 Å². The third kappa shape index (κ3) is 5.18. The predicted octanol–water partition coefficient (Wildman–Crippen LogP) is 1.98. The molecule has 0 aliphatic heterocycles. The number of allylic oxidation sites excluding steroid dienone is 2. The minimum Gasteiger partial charge on any atom is -0.397 e. The highest BCUT2D eigenvalue weighted by Gasteiger charge is 2.14. The molecule has 0 heterocycles. The molecule has 1 unspecified atom stereocenters. The van der Waals surface area contributed by atoms with E-state index >= 15 is 0 Å². The molecule has 0 aromatic carbocycles. The van der Waals surface area contributed by atoms with Crippen LogP contribution in [0.2, 0.25) is 6.04 Å². The van der Waals surface area contributed by atoms with Crippen LogP contribution >= 0.6 is 0 Å². The highest BCUT2D eigenvalue weighted by atomic mass is 28.3. The molecule has 0 aromatic rings. The summed E-state index contributed by atoms with van der Waals surface area (Å²) in [5.41, 5.74) is 0. The predicted molar refractivity (Wildman–Crippen MR) is 48.6 cm³/mol. The molecule has 0 aromatic heterocycles. The van der Waals surface area contributed by atoms with Gasteiger partial charge in [0.05, 0.1) is 0 Å². The summed E-state index contributed by atoms with van der Waals surface area (Å²) in [6.45, 7) is 4.20. The van der Waals surface area contributed by atoms with Crippen molar-refractivity contribution in [1.29, 1.82) is 0 Å². The van der Waals surface area contributed by atoms with Crippen molar-refractivity contribution in [1.82, 2.24) is 0 Å². The molecule has 0 spiro atoms. The largest absolute Gasteiger partial charge is 0.397 e. The van der Waals surface area contributed by atoms with Crippen LogP contribution in [0, 0.1) is 5.92 Å². The van der Waals surface area contributed by atoms with Gasteiger partial charge in [-0.2, -0.15) is 0 Å². The highest BCUT2D eigenvalue weighted by molar-refractivity contribution is 6.44. The first-order chi connectivity index (χ1) is 5.24. The average molecular weight is 173 g/mol. The third-order valence-electron chi connectivity index (χ3n) is 1.46. The Morgan fingerprint density at radius 2 is 1.91 bits per heavy atom. The Bertz CT molecular complexity index is 111. The van der Waals surface area contributed by atoms with E-state index in [0.29, 0.717) is 5.92 Å². The van der Waals surface area contributed by atoms with Crippen LogP contribution in [-0.2, 0) is 8.85 Å². The van der Waals surface area contributed by atoms with E-state index in [1.807, 2.05) is 6.92 Å². The van der Waals surface area contributed by atoms with Crippen LogP contribution in [0.3, 0.4) is 0 Å². The first-order valence-corrected chi connectivity index (χ1v) is 5.33. The van der Waals surface area contributed by atoms with Crippen molar-refractivity contribution in [2.75, 3.05) is 14.2 Å². The van der Waals surface area contributed by atoms with Crippen molar-refractivity contribution < 1.29 is 8.85 Å². The van der Waals surface area contributed by atoms with E-state index in [1.54, 1.807) is 14.2 Å². The van der Waals surface area contributed by atoms with Gasteiger partial charge in [0.2, 0.25) is 0 Å². The van der Waals surface area contributed by atoms with Crippen LogP contribution in [0.25, 0.3) is 0 Å². The van der Waals surface area contributed by atoms with Crippen molar-refractivity contribution in [2.24, 2.45) is 5.92 Å². The van der Waals surface area contributed by atoms with E-state index in [0.717, 1.165) is 6.04 Å². The second-order valence-corrected chi connectivity index (χ2v) is 4.46. The molecule has 0 N–H and O–H groups in total. The second-order valence-electron chi connectivity index (χ2n) is 2.49. The number of hydrogen-bond acceptors (Lipinski definition) is 2. The molecule has 11 heavy (non-hydrogen) atoms. The van der Waals surface area contributed by atoms with Crippen molar-refractivity contribution in [2.45, 2.75) is 19.9 Å². The number of rotatable bonds is 5. The van der Waals surface area contributed by atoms with E-state index in [-0.39, 0.29) is 0 Å². The summed E-state index contributed by atoms with van der Waals surface area (Å²) in [5, 5.41) is 0. The Morgan fingerprint density at radius 3 is 2.27 bits per heavy atom. The lowest BCUT2D eigenvalue weighted by atomic mass is 10.2. The van der Waals surface area contributed by atoms with Gasteiger partial charge < -0.3 is 8.85 Å². The summed E-state index contributed by atoms with van der Waals surface area (Å²) in [4.78, 5) is 0. The Kier molecular flexibility index (Phi) is 6.50. The molecule has 0 saturated heterocycles. The molecule has 0 aliphatic carbocycles. The SMILES string of the molecule is CC=CC(C)C[Si](OC)OC. The van der Waals surface area contributed by atoms with Crippen LogP contribution in [0.1, 0.15) is 13.8 Å². The Labute approximate surface area is 71.1 Å². The summed E-state index contributed by atoms with van der Waals surface area (Å²) in [5.74, 6) is 0.564.